The third-order valence-electron chi connectivity index (χ3n) is 12.3. The number of carbonyl (C=O) groups excluding carboxylic acids is 3. The van der Waals surface area contributed by atoms with Crippen molar-refractivity contribution in [2.24, 2.45) is 0 Å². The molecule has 0 aromatic rings. The van der Waals surface area contributed by atoms with Gasteiger partial charge in [0.15, 0.2) is 24.6 Å². The molecule has 0 aliphatic carbocycles. The molecule has 6 atom stereocenters. The summed E-state index contributed by atoms with van der Waals surface area (Å²) >= 11 is 0. The summed E-state index contributed by atoms with van der Waals surface area (Å²) in [6, 6.07) is 0. The average Bonchev–Trinajstić information content (AvgIpc) is 3.45. The highest BCUT2D eigenvalue weighted by molar-refractivity contribution is 5.74. The second kappa shape index (κ2) is 54.7. The Morgan fingerprint density at radius 2 is 0.802 bits per heavy atom. The molecule has 1 rings (SSSR count). The van der Waals surface area contributed by atoms with E-state index in [9.17, 15) is 34.5 Å². The number of carboxylic acid groups (broad SMARTS) is 1. The third-order valence-corrected chi connectivity index (χ3v) is 12.3. The average molecular weight is 1120 g/mol. The molecule has 0 amide bonds. The van der Waals surface area contributed by atoms with E-state index in [2.05, 4.69) is 161 Å². The summed E-state index contributed by atoms with van der Waals surface area (Å²) in [5.41, 5.74) is 0. The van der Waals surface area contributed by atoms with E-state index in [4.69, 9.17) is 23.7 Å². The minimum absolute atomic E-state index is 0.0716. The zero-order valence-corrected chi connectivity index (χ0v) is 49.4. The zero-order chi connectivity index (χ0) is 58.9. The number of unbranched alkanes of at least 4 members (excludes halogenated alkanes) is 6. The van der Waals surface area contributed by atoms with Gasteiger partial charge in [-0.15, -0.1) is 0 Å². The molecule has 12 nitrogen and oxygen atoms in total. The van der Waals surface area contributed by atoms with Crippen LogP contribution in [0.5, 0.6) is 0 Å². The topological polar surface area (TPSA) is 175 Å². The number of esters is 3. The number of rotatable bonds is 48. The van der Waals surface area contributed by atoms with Gasteiger partial charge in [0.2, 0.25) is 0 Å². The van der Waals surface area contributed by atoms with E-state index in [0.29, 0.717) is 32.1 Å². The number of aliphatic carboxylic acids is 1. The van der Waals surface area contributed by atoms with Crippen molar-refractivity contribution in [2.45, 2.75) is 225 Å². The summed E-state index contributed by atoms with van der Waals surface area (Å²) < 4.78 is 28.2. The van der Waals surface area contributed by atoms with Gasteiger partial charge in [0.1, 0.15) is 18.8 Å². The van der Waals surface area contributed by atoms with Crippen LogP contribution >= 0.6 is 0 Å². The lowest BCUT2D eigenvalue weighted by Gasteiger charge is -2.40. The molecule has 1 fully saturated rings. The van der Waals surface area contributed by atoms with Crippen LogP contribution in [0.3, 0.4) is 0 Å². The van der Waals surface area contributed by atoms with Crippen LogP contribution in [0.2, 0.25) is 0 Å². The standard InChI is InChI=1S/C69H102O12/c1-4-7-10-13-16-19-22-25-27-29-31-33-35-38-40-43-46-49-52-55-61(70)77-58-60(79-62(71)56-53-50-47-44-41-37-24-21-18-15-12-9-6-3)59-78-69-67(65(74)64(73)66(81-69)68(75)76)80-63(72)57-54-51-48-45-42-39-36-34-32-30-28-26-23-20-17-14-11-8-5-2/h7-8,10-12,15-17,19-21,24-28,31-34,38-40,42,46,48-49,51,60,64-67,69,73-74H,4-6,9,13-14,18,22-23,29-30,35-37,41,43-45,47,50,52-59H2,1-3H3,(H,75,76)/b10-7-,11-8-,15-12-,19-16-,20-17-,24-21-,27-25-,28-26-,33-31-,34-32-,40-38-,42-39-,49-46-,51-48-. The smallest absolute Gasteiger partial charge is 0.335 e. The number of carboxylic acids is 1. The largest absolute Gasteiger partial charge is 0.479 e. The molecular weight excluding hydrogens is 1020 g/mol. The van der Waals surface area contributed by atoms with Gasteiger partial charge in [-0.25, -0.2) is 4.79 Å². The predicted octanol–water partition coefficient (Wildman–Crippen LogP) is 15.9. The molecule has 0 saturated carbocycles. The van der Waals surface area contributed by atoms with Crippen molar-refractivity contribution in [2.75, 3.05) is 13.2 Å². The predicted molar refractivity (Wildman–Crippen MR) is 330 cm³/mol. The Kier molecular flexibility index (Phi) is 49.3. The van der Waals surface area contributed by atoms with Crippen LogP contribution in [0.4, 0.5) is 0 Å². The van der Waals surface area contributed by atoms with E-state index >= 15 is 0 Å². The van der Waals surface area contributed by atoms with Gasteiger partial charge in [-0.3, -0.25) is 14.4 Å². The van der Waals surface area contributed by atoms with Crippen molar-refractivity contribution in [3.05, 3.63) is 170 Å². The normalized spacial score (nSPS) is 19.0. The molecule has 6 unspecified atom stereocenters. The van der Waals surface area contributed by atoms with Gasteiger partial charge in [0.05, 0.1) is 6.61 Å². The first kappa shape index (κ1) is 73.1. The molecule has 12 heteroatoms. The molecule has 0 radical (unpaired) electrons. The Labute approximate surface area is 487 Å². The molecular formula is C69H102O12. The summed E-state index contributed by atoms with van der Waals surface area (Å²) in [6.07, 6.45) is 69.1. The van der Waals surface area contributed by atoms with Crippen molar-refractivity contribution < 1.29 is 58.2 Å². The van der Waals surface area contributed by atoms with E-state index in [1.165, 1.54) is 0 Å². The van der Waals surface area contributed by atoms with Gasteiger partial charge in [-0.2, -0.15) is 0 Å². The van der Waals surface area contributed by atoms with Crippen LogP contribution in [0.25, 0.3) is 0 Å². The fourth-order valence-corrected chi connectivity index (χ4v) is 7.75. The van der Waals surface area contributed by atoms with Gasteiger partial charge in [-0.1, -0.05) is 217 Å². The Bertz CT molecular complexity index is 2060. The maximum absolute atomic E-state index is 13.1. The van der Waals surface area contributed by atoms with Crippen molar-refractivity contribution in [1.82, 2.24) is 0 Å². The second-order valence-corrected chi connectivity index (χ2v) is 19.5. The fourth-order valence-electron chi connectivity index (χ4n) is 7.75. The SMILES string of the molecule is CC/C=C\C/C=C\C/C=C\C/C=C\C/C=C\C/C=C\CCC(=O)OCC(COC1OC(C(=O)O)C(O)C(O)C1OC(=O)CC/C=C\C/C=C\C/C=C\C/C=C\C/C=C\C/C=C\CC)OC(=O)CCCCCCC/C=C\C/C=C\CCC. The molecule has 450 valence electrons. The molecule has 0 aromatic carbocycles. The Morgan fingerprint density at radius 3 is 1.23 bits per heavy atom. The third kappa shape index (κ3) is 44.4. The van der Waals surface area contributed by atoms with Crippen LogP contribution in [0, 0.1) is 0 Å². The highest BCUT2D eigenvalue weighted by Crippen LogP contribution is 2.26. The second-order valence-electron chi connectivity index (χ2n) is 19.5. The lowest BCUT2D eigenvalue weighted by atomic mass is 9.98. The highest BCUT2D eigenvalue weighted by atomic mass is 16.7. The molecule has 0 spiro atoms. The summed E-state index contributed by atoms with van der Waals surface area (Å²) in [4.78, 5) is 51.1. The van der Waals surface area contributed by atoms with Gasteiger partial charge in [-0.05, 0) is 122 Å². The van der Waals surface area contributed by atoms with Gasteiger partial charge in [0, 0.05) is 19.3 Å². The lowest BCUT2D eigenvalue weighted by Crippen LogP contribution is -2.61. The van der Waals surface area contributed by atoms with Gasteiger partial charge >= 0.3 is 23.9 Å². The number of aliphatic hydroxyl groups excluding tert-OH is 2. The molecule has 0 aromatic heterocycles. The summed E-state index contributed by atoms with van der Waals surface area (Å²) in [5.74, 6) is -3.40. The molecule has 1 aliphatic rings. The number of hydrogen-bond donors (Lipinski definition) is 3. The van der Waals surface area contributed by atoms with E-state index in [0.717, 1.165) is 116 Å². The van der Waals surface area contributed by atoms with Crippen LogP contribution in [-0.4, -0.2) is 89.2 Å². The summed E-state index contributed by atoms with van der Waals surface area (Å²) in [5, 5.41) is 31.5. The van der Waals surface area contributed by atoms with Crippen LogP contribution < -0.4 is 0 Å². The van der Waals surface area contributed by atoms with Crippen molar-refractivity contribution in [1.29, 1.82) is 0 Å². The summed E-state index contributed by atoms with van der Waals surface area (Å²) in [7, 11) is 0. The van der Waals surface area contributed by atoms with E-state index in [-0.39, 0.29) is 25.9 Å². The molecule has 0 bridgehead atoms. The van der Waals surface area contributed by atoms with Gasteiger partial charge < -0.3 is 39.0 Å². The highest BCUT2D eigenvalue weighted by Gasteiger charge is 2.50. The summed E-state index contributed by atoms with van der Waals surface area (Å²) in [6.45, 7) is 5.57. The molecule has 1 heterocycles. The monoisotopic (exact) mass is 1120 g/mol. The van der Waals surface area contributed by atoms with Crippen molar-refractivity contribution in [3.8, 4) is 0 Å². The Balaban J connectivity index is 2.79. The lowest BCUT2D eigenvalue weighted by molar-refractivity contribution is -0.301. The van der Waals surface area contributed by atoms with E-state index in [1.807, 2.05) is 30.4 Å². The molecule has 3 N–H and O–H groups in total. The molecule has 1 saturated heterocycles. The van der Waals surface area contributed by atoms with Crippen LogP contribution in [0.15, 0.2) is 170 Å². The molecule has 81 heavy (non-hydrogen) atoms. The van der Waals surface area contributed by atoms with Crippen molar-refractivity contribution in [3.63, 3.8) is 0 Å². The first-order chi connectivity index (χ1) is 39.6. The Hall–Kier alpha value is -5.92. The number of ether oxygens (including phenoxy) is 5. The Morgan fingerprint density at radius 1 is 0.420 bits per heavy atom. The maximum Gasteiger partial charge on any atom is 0.335 e. The number of allylic oxidation sites excluding steroid dienone is 28. The number of aliphatic hydroxyl groups is 2. The fraction of sp³-hybridized carbons (Fsp3) is 0.536. The number of hydrogen-bond acceptors (Lipinski definition) is 11. The van der Waals surface area contributed by atoms with Crippen LogP contribution in [-0.2, 0) is 42.9 Å². The van der Waals surface area contributed by atoms with Crippen LogP contribution in [0.1, 0.15) is 188 Å². The minimum Gasteiger partial charge on any atom is -0.479 e. The van der Waals surface area contributed by atoms with E-state index in [1.54, 1.807) is 0 Å². The van der Waals surface area contributed by atoms with Gasteiger partial charge in [0.25, 0.3) is 0 Å². The molecule has 1 aliphatic heterocycles. The van der Waals surface area contributed by atoms with E-state index < -0.39 is 67.3 Å². The first-order valence-corrected chi connectivity index (χ1v) is 30.1. The quantitative estimate of drug-likeness (QED) is 0.0228. The minimum atomic E-state index is -1.95. The number of carbonyl (C=O) groups is 4. The zero-order valence-electron chi connectivity index (χ0n) is 49.4. The maximum atomic E-state index is 13.1. The first-order valence-electron chi connectivity index (χ1n) is 30.1. The van der Waals surface area contributed by atoms with Crippen molar-refractivity contribution >= 4 is 23.9 Å².